The van der Waals surface area contributed by atoms with Crippen molar-refractivity contribution in [3.05, 3.63) is 53.1 Å². The van der Waals surface area contributed by atoms with Gasteiger partial charge in [-0.25, -0.2) is 8.42 Å². The molecule has 1 heterocycles. The van der Waals surface area contributed by atoms with Gasteiger partial charge in [0.1, 0.15) is 11.5 Å². The Kier molecular flexibility index (Phi) is 5.22. The van der Waals surface area contributed by atoms with E-state index in [1.807, 2.05) is 12.1 Å². The van der Waals surface area contributed by atoms with Crippen molar-refractivity contribution in [1.29, 1.82) is 0 Å². The summed E-state index contributed by atoms with van der Waals surface area (Å²) in [6.45, 7) is 0.467. The van der Waals surface area contributed by atoms with E-state index in [0.717, 1.165) is 18.4 Å². The van der Waals surface area contributed by atoms with E-state index in [-0.39, 0.29) is 10.9 Å². The van der Waals surface area contributed by atoms with Crippen LogP contribution < -0.4 is 9.47 Å². The van der Waals surface area contributed by atoms with Gasteiger partial charge in [0, 0.05) is 23.2 Å². The lowest BCUT2D eigenvalue weighted by Crippen LogP contribution is -2.30. The van der Waals surface area contributed by atoms with Gasteiger partial charge in [0.05, 0.1) is 25.2 Å². The number of benzene rings is 2. The number of ether oxygens (including phenoxy) is 2. The van der Waals surface area contributed by atoms with Crippen LogP contribution in [0.3, 0.4) is 0 Å². The van der Waals surface area contributed by atoms with Crippen LogP contribution in [0.15, 0.2) is 47.4 Å². The molecule has 1 saturated heterocycles. The minimum absolute atomic E-state index is 0.208. The average Bonchev–Trinajstić information content (AvgIpc) is 3.11. The molecule has 0 radical (unpaired) electrons. The minimum Gasteiger partial charge on any atom is -0.497 e. The van der Waals surface area contributed by atoms with Crippen molar-refractivity contribution in [2.45, 2.75) is 23.8 Å². The summed E-state index contributed by atoms with van der Waals surface area (Å²) >= 11 is 5.98. The molecule has 0 amide bonds. The Bertz CT molecular complexity index is 869. The van der Waals surface area contributed by atoms with Crippen LogP contribution in [0, 0.1) is 0 Å². The zero-order valence-corrected chi connectivity index (χ0v) is 15.7. The summed E-state index contributed by atoms with van der Waals surface area (Å²) in [5, 5.41) is 0.402. The minimum atomic E-state index is -3.64. The van der Waals surface area contributed by atoms with Crippen LogP contribution >= 0.6 is 11.6 Å². The lowest BCUT2D eigenvalue weighted by atomic mass is 10.0. The highest BCUT2D eigenvalue weighted by Crippen LogP contribution is 2.41. The monoisotopic (exact) mass is 381 g/mol. The van der Waals surface area contributed by atoms with Crippen LogP contribution in [0.2, 0.25) is 5.02 Å². The number of nitrogens with zero attached hydrogens (tertiary/aromatic N) is 1. The molecule has 1 unspecified atom stereocenters. The van der Waals surface area contributed by atoms with E-state index in [0.29, 0.717) is 23.1 Å². The molecule has 134 valence electrons. The fraction of sp³-hybridized carbons (Fsp3) is 0.333. The van der Waals surface area contributed by atoms with Gasteiger partial charge in [-0.1, -0.05) is 23.7 Å². The molecule has 1 fully saturated rings. The molecule has 0 saturated carbocycles. The second-order valence-electron chi connectivity index (χ2n) is 5.84. The molecule has 3 rings (SSSR count). The Balaban J connectivity index is 2.01. The highest BCUT2D eigenvalue weighted by Gasteiger charge is 2.37. The lowest BCUT2D eigenvalue weighted by Gasteiger charge is -2.26. The first-order chi connectivity index (χ1) is 12.0. The normalized spacial score (nSPS) is 18.3. The first kappa shape index (κ1) is 18.0. The van der Waals surface area contributed by atoms with Crippen LogP contribution in [0.25, 0.3) is 0 Å². The predicted octanol–water partition coefficient (Wildman–Crippen LogP) is 3.88. The SMILES string of the molecule is COc1ccc(C2CCCN2S(=O)(=O)c2cccc(Cl)c2)c(OC)c1. The molecule has 0 aliphatic carbocycles. The number of methoxy groups -OCH3 is 2. The molecule has 1 aliphatic heterocycles. The molecule has 2 aromatic carbocycles. The maximum atomic E-state index is 13.1. The Morgan fingerprint density at radius 2 is 1.92 bits per heavy atom. The number of sulfonamides is 1. The Morgan fingerprint density at radius 3 is 2.60 bits per heavy atom. The summed E-state index contributed by atoms with van der Waals surface area (Å²) in [6, 6.07) is 11.6. The lowest BCUT2D eigenvalue weighted by molar-refractivity contribution is 0.361. The predicted molar refractivity (Wildman–Crippen MR) is 96.9 cm³/mol. The second-order valence-corrected chi connectivity index (χ2v) is 8.17. The Labute approximate surface area is 153 Å². The number of hydrogen-bond acceptors (Lipinski definition) is 4. The molecule has 5 nitrogen and oxygen atoms in total. The number of hydrogen-bond donors (Lipinski definition) is 0. The topological polar surface area (TPSA) is 55.8 Å². The summed E-state index contributed by atoms with van der Waals surface area (Å²) in [7, 11) is -0.481. The summed E-state index contributed by atoms with van der Waals surface area (Å²) in [6.07, 6.45) is 1.53. The van der Waals surface area contributed by atoms with Crippen molar-refractivity contribution < 1.29 is 17.9 Å². The molecule has 0 spiro atoms. The van der Waals surface area contributed by atoms with Gasteiger partial charge in [-0.15, -0.1) is 0 Å². The second kappa shape index (κ2) is 7.23. The largest absolute Gasteiger partial charge is 0.497 e. The average molecular weight is 382 g/mol. The van der Waals surface area contributed by atoms with E-state index in [9.17, 15) is 8.42 Å². The standard InChI is InChI=1S/C18H20ClNO4S/c1-23-14-8-9-16(18(12-14)24-2)17-7-4-10-20(17)25(21,22)15-6-3-5-13(19)11-15/h3,5-6,8-9,11-12,17H,4,7,10H2,1-2H3. The Morgan fingerprint density at radius 1 is 1.12 bits per heavy atom. The number of rotatable bonds is 5. The summed E-state index contributed by atoms with van der Waals surface area (Å²) in [5.41, 5.74) is 0.839. The van der Waals surface area contributed by atoms with E-state index in [4.69, 9.17) is 21.1 Å². The van der Waals surface area contributed by atoms with Crippen molar-refractivity contribution >= 4 is 21.6 Å². The maximum absolute atomic E-state index is 13.1. The molecule has 0 N–H and O–H groups in total. The van der Waals surface area contributed by atoms with Crippen molar-refractivity contribution in [2.24, 2.45) is 0 Å². The smallest absolute Gasteiger partial charge is 0.243 e. The maximum Gasteiger partial charge on any atom is 0.243 e. The van der Waals surface area contributed by atoms with Crippen molar-refractivity contribution in [3.63, 3.8) is 0 Å². The molecular formula is C18H20ClNO4S. The third-order valence-electron chi connectivity index (χ3n) is 4.41. The van der Waals surface area contributed by atoms with Gasteiger partial charge in [0.25, 0.3) is 0 Å². The van der Waals surface area contributed by atoms with E-state index in [2.05, 4.69) is 0 Å². The summed E-state index contributed by atoms with van der Waals surface area (Å²) in [5.74, 6) is 1.29. The fourth-order valence-corrected chi connectivity index (χ4v) is 5.17. The zero-order chi connectivity index (χ0) is 18.0. The van der Waals surface area contributed by atoms with E-state index in [1.54, 1.807) is 38.5 Å². The summed E-state index contributed by atoms with van der Waals surface area (Å²) < 4.78 is 38.4. The Hall–Kier alpha value is -1.76. The molecule has 2 aromatic rings. The molecule has 25 heavy (non-hydrogen) atoms. The molecule has 0 bridgehead atoms. The van der Waals surface area contributed by atoms with Gasteiger partial charge in [0.15, 0.2) is 0 Å². The van der Waals surface area contributed by atoms with Crippen molar-refractivity contribution in [2.75, 3.05) is 20.8 Å². The molecule has 7 heteroatoms. The fourth-order valence-electron chi connectivity index (χ4n) is 3.20. The highest BCUT2D eigenvalue weighted by atomic mass is 35.5. The van der Waals surface area contributed by atoms with Crippen molar-refractivity contribution in [1.82, 2.24) is 4.31 Å². The highest BCUT2D eigenvalue weighted by molar-refractivity contribution is 7.89. The van der Waals surface area contributed by atoms with Crippen LogP contribution in [0.1, 0.15) is 24.4 Å². The first-order valence-electron chi connectivity index (χ1n) is 7.96. The van der Waals surface area contributed by atoms with Crippen molar-refractivity contribution in [3.8, 4) is 11.5 Å². The quantitative estimate of drug-likeness (QED) is 0.788. The molecular weight excluding hydrogens is 362 g/mol. The molecule has 1 aliphatic rings. The van der Waals surface area contributed by atoms with Gasteiger partial charge in [0.2, 0.25) is 10.0 Å². The third-order valence-corrected chi connectivity index (χ3v) is 6.55. The molecule has 0 aromatic heterocycles. The van der Waals surface area contributed by atoms with Crippen LogP contribution in [-0.2, 0) is 10.0 Å². The van der Waals surface area contributed by atoms with E-state index < -0.39 is 10.0 Å². The van der Waals surface area contributed by atoms with Gasteiger partial charge in [-0.05, 0) is 37.1 Å². The van der Waals surface area contributed by atoms with Gasteiger partial charge in [-0.2, -0.15) is 4.31 Å². The van der Waals surface area contributed by atoms with Gasteiger partial charge in [-0.3, -0.25) is 0 Å². The van der Waals surface area contributed by atoms with Crippen LogP contribution in [-0.4, -0.2) is 33.5 Å². The summed E-state index contributed by atoms with van der Waals surface area (Å²) in [4.78, 5) is 0.208. The third kappa shape index (κ3) is 3.47. The number of halogens is 1. The molecule has 1 atom stereocenters. The van der Waals surface area contributed by atoms with E-state index >= 15 is 0 Å². The van der Waals surface area contributed by atoms with Gasteiger partial charge < -0.3 is 9.47 Å². The van der Waals surface area contributed by atoms with E-state index in [1.165, 1.54) is 10.4 Å². The van der Waals surface area contributed by atoms with Crippen LogP contribution in [0.4, 0.5) is 0 Å². The van der Waals surface area contributed by atoms with Gasteiger partial charge >= 0.3 is 0 Å². The first-order valence-corrected chi connectivity index (χ1v) is 9.78. The zero-order valence-electron chi connectivity index (χ0n) is 14.1. The van der Waals surface area contributed by atoms with Crippen LogP contribution in [0.5, 0.6) is 11.5 Å².